The second-order valence-electron chi connectivity index (χ2n) is 4.26. The average Bonchev–Trinajstić information content (AvgIpc) is 2.40. The maximum Gasteiger partial charge on any atom is 0.128 e. The molecule has 0 amide bonds. The summed E-state index contributed by atoms with van der Waals surface area (Å²) >= 11 is 12.1. The second kappa shape index (κ2) is 6.16. The number of aryl methyl sites for hydroxylation is 1. The van der Waals surface area contributed by atoms with Crippen LogP contribution in [0.4, 0.5) is 0 Å². The summed E-state index contributed by atoms with van der Waals surface area (Å²) in [7, 11) is 0. The Balaban J connectivity index is 2.26. The molecule has 0 spiro atoms. The summed E-state index contributed by atoms with van der Waals surface area (Å²) < 4.78 is 5.74. The van der Waals surface area contributed by atoms with Gasteiger partial charge in [0, 0.05) is 16.7 Å². The molecule has 0 aromatic heterocycles. The largest absolute Gasteiger partial charge is 0.457 e. The summed E-state index contributed by atoms with van der Waals surface area (Å²) in [6, 6.07) is 10.5. The van der Waals surface area contributed by atoms with Gasteiger partial charge < -0.3 is 10.5 Å². The van der Waals surface area contributed by atoms with Gasteiger partial charge in [-0.1, -0.05) is 30.1 Å². The molecule has 0 aliphatic carbocycles. The van der Waals surface area contributed by atoms with E-state index in [0.29, 0.717) is 22.1 Å². The highest BCUT2D eigenvalue weighted by molar-refractivity contribution is 6.34. The predicted molar refractivity (Wildman–Crippen MR) is 83.4 cm³/mol. The molecule has 0 unspecified atom stereocenters. The van der Waals surface area contributed by atoms with Crippen LogP contribution in [-0.4, -0.2) is 5.84 Å². The Hall–Kier alpha value is -1.71. The zero-order valence-corrected chi connectivity index (χ0v) is 12.4. The van der Waals surface area contributed by atoms with E-state index in [1.54, 1.807) is 30.3 Å². The summed E-state index contributed by atoms with van der Waals surface area (Å²) in [4.78, 5) is 0. The molecule has 0 radical (unpaired) electrons. The molecule has 0 bridgehead atoms. The Bertz CT molecular complexity index is 656. The smallest absolute Gasteiger partial charge is 0.128 e. The maximum atomic E-state index is 7.38. The van der Waals surface area contributed by atoms with Crippen molar-refractivity contribution in [1.82, 2.24) is 0 Å². The molecule has 0 aliphatic heterocycles. The molecule has 0 fully saturated rings. The van der Waals surface area contributed by atoms with E-state index in [1.807, 2.05) is 13.0 Å². The van der Waals surface area contributed by atoms with E-state index in [-0.39, 0.29) is 5.84 Å². The summed E-state index contributed by atoms with van der Waals surface area (Å²) in [5.74, 6) is 1.21. The van der Waals surface area contributed by atoms with Gasteiger partial charge in [0.2, 0.25) is 0 Å². The first-order valence-electron chi connectivity index (χ1n) is 6.11. The molecule has 104 valence electrons. The minimum absolute atomic E-state index is 0.0682. The third kappa shape index (κ3) is 3.24. The van der Waals surface area contributed by atoms with Crippen LogP contribution in [0.2, 0.25) is 10.0 Å². The highest BCUT2D eigenvalue weighted by Gasteiger charge is 2.07. The number of hydrogen-bond donors (Lipinski definition) is 2. The summed E-state index contributed by atoms with van der Waals surface area (Å²) in [5.41, 5.74) is 6.93. The van der Waals surface area contributed by atoms with E-state index < -0.39 is 0 Å². The Morgan fingerprint density at radius 1 is 1.10 bits per heavy atom. The van der Waals surface area contributed by atoms with Gasteiger partial charge in [-0.15, -0.1) is 0 Å². The van der Waals surface area contributed by atoms with Crippen LogP contribution in [0.25, 0.3) is 0 Å². The number of rotatable bonds is 4. The summed E-state index contributed by atoms with van der Waals surface area (Å²) in [5, 5.41) is 8.50. The first-order chi connectivity index (χ1) is 9.51. The molecule has 0 saturated heterocycles. The van der Waals surface area contributed by atoms with Gasteiger partial charge in [0.1, 0.15) is 17.3 Å². The van der Waals surface area contributed by atoms with Crippen LogP contribution in [-0.2, 0) is 6.42 Å². The molecule has 0 saturated carbocycles. The minimum Gasteiger partial charge on any atom is -0.457 e. The van der Waals surface area contributed by atoms with E-state index in [1.165, 1.54) is 0 Å². The van der Waals surface area contributed by atoms with E-state index in [4.69, 9.17) is 39.1 Å². The lowest BCUT2D eigenvalue weighted by atomic mass is 10.1. The lowest BCUT2D eigenvalue weighted by Crippen LogP contribution is -2.11. The molecule has 3 nitrogen and oxygen atoms in total. The monoisotopic (exact) mass is 308 g/mol. The van der Waals surface area contributed by atoms with E-state index in [0.717, 1.165) is 17.0 Å². The van der Waals surface area contributed by atoms with E-state index in [2.05, 4.69) is 0 Å². The Labute approximate surface area is 127 Å². The van der Waals surface area contributed by atoms with Crippen LogP contribution >= 0.6 is 23.2 Å². The highest BCUT2D eigenvalue weighted by Crippen LogP contribution is 2.29. The molecule has 0 atom stereocenters. The molecule has 5 heteroatoms. The number of nitrogens with one attached hydrogen (secondary N) is 1. The van der Waals surface area contributed by atoms with Crippen molar-refractivity contribution in [1.29, 1.82) is 5.41 Å². The molecule has 2 aromatic rings. The number of halogens is 2. The minimum atomic E-state index is -0.0682. The van der Waals surface area contributed by atoms with Crippen molar-refractivity contribution >= 4 is 29.0 Å². The molecule has 3 N–H and O–H groups in total. The van der Waals surface area contributed by atoms with Crippen molar-refractivity contribution in [3.63, 3.8) is 0 Å². The van der Waals surface area contributed by atoms with Crippen molar-refractivity contribution in [3.05, 3.63) is 57.6 Å². The van der Waals surface area contributed by atoms with Crippen LogP contribution in [0, 0.1) is 5.41 Å². The number of ether oxygens (including phenoxy) is 1. The quantitative estimate of drug-likeness (QED) is 0.639. The molecule has 2 aromatic carbocycles. The van der Waals surface area contributed by atoms with Gasteiger partial charge >= 0.3 is 0 Å². The molecular weight excluding hydrogens is 295 g/mol. The third-order valence-corrected chi connectivity index (χ3v) is 3.55. The Morgan fingerprint density at radius 2 is 1.75 bits per heavy atom. The lowest BCUT2D eigenvalue weighted by Gasteiger charge is -2.10. The third-order valence-electron chi connectivity index (χ3n) is 2.86. The van der Waals surface area contributed by atoms with E-state index >= 15 is 0 Å². The van der Waals surface area contributed by atoms with Crippen LogP contribution in [0.15, 0.2) is 36.4 Å². The van der Waals surface area contributed by atoms with Gasteiger partial charge in [0.15, 0.2) is 0 Å². The Morgan fingerprint density at radius 3 is 2.35 bits per heavy atom. The molecule has 0 aliphatic rings. The fourth-order valence-electron chi connectivity index (χ4n) is 1.80. The van der Waals surface area contributed by atoms with Crippen LogP contribution in [0.1, 0.15) is 18.1 Å². The van der Waals surface area contributed by atoms with Crippen molar-refractivity contribution in [2.24, 2.45) is 5.73 Å². The van der Waals surface area contributed by atoms with Gasteiger partial charge in [-0.05, 0) is 42.3 Å². The van der Waals surface area contributed by atoms with Crippen molar-refractivity contribution in [2.45, 2.75) is 13.3 Å². The molecule has 20 heavy (non-hydrogen) atoms. The van der Waals surface area contributed by atoms with E-state index in [9.17, 15) is 0 Å². The second-order valence-corrected chi connectivity index (χ2v) is 5.08. The number of benzene rings is 2. The first-order valence-corrected chi connectivity index (χ1v) is 6.87. The maximum absolute atomic E-state index is 7.38. The number of hydrogen-bond acceptors (Lipinski definition) is 2. The van der Waals surface area contributed by atoms with Gasteiger partial charge in [-0.25, -0.2) is 0 Å². The van der Waals surface area contributed by atoms with Gasteiger partial charge in [-0.3, -0.25) is 5.41 Å². The number of nitrogens with two attached hydrogens (primary N) is 1. The van der Waals surface area contributed by atoms with Crippen molar-refractivity contribution in [2.75, 3.05) is 0 Å². The van der Waals surface area contributed by atoms with Gasteiger partial charge in [0.05, 0.1) is 5.02 Å². The molecule has 0 heterocycles. The SMILES string of the molecule is CCc1cc(Oc2ccc(C(=N)N)c(Cl)c2)ccc1Cl. The fourth-order valence-corrected chi connectivity index (χ4v) is 2.32. The summed E-state index contributed by atoms with van der Waals surface area (Å²) in [6.07, 6.45) is 0.833. The van der Waals surface area contributed by atoms with Crippen molar-refractivity contribution < 1.29 is 4.74 Å². The number of nitrogen functional groups attached to an aromatic ring is 1. The highest BCUT2D eigenvalue weighted by atomic mass is 35.5. The first kappa shape index (κ1) is 14.7. The molecular formula is C15H14Cl2N2O. The average molecular weight is 309 g/mol. The Kier molecular flexibility index (Phi) is 4.53. The van der Waals surface area contributed by atoms with Crippen LogP contribution < -0.4 is 10.5 Å². The standard InChI is InChI=1S/C15H14Cl2N2O/c1-2-9-7-10(4-6-13(9)16)20-11-3-5-12(15(18)19)14(17)8-11/h3-8H,2H2,1H3,(H3,18,19). The fraction of sp³-hybridized carbons (Fsp3) is 0.133. The predicted octanol–water partition coefficient (Wildman–Crippen LogP) is 4.63. The normalized spacial score (nSPS) is 10.3. The zero-order valence-electron chi connectivity index (χ0n) is 10.9. The topological polar surface area (TPSA) is 59.1 Å². The summed E-state index contributed by atoms with van der Waals surface area (Å²) in [6.45, 7) is 2.03. The van der Waals surface area contributed by atoms with Crippen LogP contribution in [0.5, 0.6) is 11.5 Å². The van der Waals surface area contributed by atoms with Gasteiger partial charge in [0.25, 0.3) is 0 Å². The zero-order chi connectivity index (χ0) is 14.7. The lowest BCUT2D eigenvalue weighted by molar-refractivity contribution is 0.482. The van der Waals surface area contributed by atoms with Crippen molar-refractivity contribution in [3.8, 4) is 11.5 Å². The molecule has 2 rings (SSSR count). The van der Waals surface area contributed by atoms with Crippen LogP contribution in [0.3, 0.4) is 0 Å². The van der Waals surface area contributed by atoms with Gasteiger partial charge in [-0.2, -0.15) is 0 Å². The number of amidine groups is 1.